The monoisotopic (exact) mass is 460 g/mol. The summed E-state index contributed by atoms with van der Waals surface area (Å²) in [6, 6.07) is 24.0. The number of halogens is 1. The van der Waals surface area contributed by atoms with Gasteiger partial charge in [-0.15, -0.1) is 0 Å². The van der Waals surface area contributed by atoms with E-state index in [4.69, 9.17) is 21.1 Å². The highest BCUT2D eigenvalue weighted by Gasteiger charge is 2.11. The van der Waals surface area contributed by atoms with Crippen molar-refractivity contribution in [2.24, 2.45) is 5.10 Å². The number of nitrogens with zero attached hydrogens (tertiary/aromatic N) is 2. The number of rotatable bonds is 8. The molecule has 166 valence electrons. The van der Waals surface area contributed by atoms with E-state index in [1.54, 1.807) is 19.4 Å². The van der Waals surface area contributed by atoms with Crippen molar-refractivity contribution in [2.75, 3.05) is 7.11 Å². The Morgan fingerprint density at radius 1 is 1.06 bits per heavy atom. The van der Waals surface area contributed by atoms with Crippen molar-refractivity contribution in [2.45, 2.75) is 6.61 Å². The van der Waals surface area contributed by atoms with Gasteiger partial charge in [0.1, 0.15) is 23.8 Å². The molecule has 4 rings (SSSR count). The van der Waals surface area contributed by atoms with Crippen LogP contribution >= 0.6 is 11.6 Å². The molecule has 0 unspecified atom stereocenters. The molecule has 0 fully saturated rings. The first-order chi connectivity index (χ1) is 16.1. The first-order valence-corrected chi connectivity index (χ1v) is 10.5. The number of hydrogen-bond acceptors (Lipinski definition) is 5. The minimum atomic E-state index is -0.395. The molecule has 0 aliphatic carbocycles. The van der Waals surface area contributed by atoms with Gasteiger partial charge in [-0.1, -0.05) is 35.9 Å². The third-order valence-electron chi connectivity index (χ3n) is 4.77. The second kappa shape index (κ2) is 10.5. The first-order valence-electron chi connectivity index (χ1n) is 10.1. The van der Waals surface area contributed by atoms with E-state index in [1.165, 1.54) is 0 Å². The van der Waals surface area contributed by atoms with E-state index in [-0.39, 0.29) is 0 Å². The molecule has 2 N–H and O–H groups in total. The fourth-order valence-electron chi connectivity index (χ4n) is 2.99. The quantitative estimate of drug-likeness (QED) is 0.283. The summed E-state index contributed by atoms with van der Waals surface area (Å²) in [7, 11) is 1.60. The number of aromatic amines is 1. The Morgan fingerprint density at radius 2 is 1.85 bits per heavy atom. The number of amides is 1. The fourth-order valence-corrected chi connectivity index (χ4v) is 3.12. The molecular weight excluding hydrogens is 440 g/mol. The van der Waals surface area contributed by atoms with Crippen molar-refractivity contribution in [3.63, 3.8) is 0 Å². The molecule has 0 atom stereocenters. The minimum absolute atomic E-state index is 0.296. The maximum absolute atomic E-state index is 12.4. The molecule has 0 saturated heterocycles. The van der Waals surface area contributed by atoms with Gasteiger partial charge in [0.2, 0.25) is 0 Å². The van der Waals surface area contributed by atoms with Crippen molar-refractivity contribution in [1.29, 1.82) is 0 Å². The minimum Gasteiger partial charge on any atom is -0.497 e. The van der Waals surface area contributed by atoms with Gasteiger partial charge in [0.25, 0.3) is 5.91 Å². The molecule has 1 aromatic heterocycles. The number of carbonyl (C=O) groups excluding carboxylic acids is 1. The van der Waals surface area contributed by atoms with Gasteiger partial charge in [0.15, 0.2) is 0 Å². The van der Waals surface area contributed by atoms with Gasteiger partial charge in [0, 0.05) is 10.6 Å². The maximum atomic E-state index is 12.4. The molecule has 0 aliphatic heterocycles. The maximum Gasteiger partial charge on any atom is 0.289 e. The third kappa shape index (κ3) is 5.99. The summed E-state index contributed by atoms with van der Waals surface area (Å²) in [4.78, 5) is 12.4. The SMILES string of the molecule is COc1ccc(/C=N\NC(=O)c2cc(-c3cccc(OCc4ccc(Cl)cc4)c3)n[nH]2)cc1. The summed E-state index contributed by atoms with van der Waals surface area (Å²) >= 11 is 5.92. The highest BCUT2D eigenvalue weighted by atomic mass is 35.5. The molecule has 1 amide bonds. The van der Waals surface area contributed by atoms with Gasteiger partial charge in [-0.25, -0.2) is 5.43 Å². The summed E-state index contributed by atoms with van der Waals surface area (Å²) in [6.45, 7) is 0.418. The van der Waals surface area contributed by atoms with Crippen molar-refractivity contribution < 1.29 is 14.3 Å². The van der Waals surface area contributed by atoms with Crippen LogP contribution in [-0.2, 0) is 6.61 Å². The zero-order valence-electron chi connectivity index (χ0n) is 17.8. The van der Waals surface area contributed by atoms with Crippen LogP contribution < -0.4 is 14.9 Å². The van der Waals surface area contributed by atoms with Crippen LogP contribution in [0.25, 0.3) is 11.3 Å². The topological polar surface area (TPSA) is 88.6 Å². The smallest absolute Gasteiger partial charge is 0.289 e. The Morgan fingerprint density at radius 3 is 2.61 bits per heavy atom. The number of benzene rings is 3. The van der Waals surface area contributed by atoms with E-state index in [2.05, 4.69) is 20.7 Å². The Bertz CT molecular complexity index is 1250. The lowest BCUT2D eigenvalue weighted by atomic mass is 10.1. The molecule has 8 heteroatoms. The number of aromatic nitrogens is 2. The molecule has 0 aliphatic rings. The Hall–Kier alpha value is -4.10. The Labute approximate surface area is 196 Å². The Kier molecular flexibility index (Phi) is 7.02. The van der Waals surface area contributed by atoms with E-state index in [1.807, 2.05) is 72.8 Å². The molecule has 7 nitrogen and oxygen atoms in total. The highest BCUT2D eigenvalue weighted by Crippen LogP contribution is 2.24. The van der Waals surface area contributed by atoms with E-state index in [0.29, 0.717) is 28.8 Å². The van der Waals surface area contributed by atoms with Crippen LogP contribution in [0, 0.1) is 0 Å². The molecular formula is C25H21ClN4O3. The lowest BCUT2D eigenvalue weighted by Crippen LogP contribution is -2.17. The molecule has 4 aromatic rings. The zero-order chi connectivity index (χ0) is 23.0. The van der Waals surface area contributed by atoms with E-state index in [9.17, 15) is 4.79 Å². The molecule has 0 saturated carbocycles. The standard InChI is InChI=1S/C25H21ClN4O3/c1-32-21-11-7-17(8-12-21)15-27-30-25(31)24-14-23(28-29-24)19-3-2-4-22(13-19)33-16-18-5-9-20(26)10-6-18/h2-15H,16H2,1H3,(H,28,29)(H,30,31)/b27-15-. The van der Waals surface area contributed by atoms with Crippen LogP contribution in [0.5, 0.6) is 11.5 Å². The molecule has 0 bridgehead atoms. The van der Waals surface area contributed by atoms with Gasteiger partial charge >= 0.3 is 0 Å². The lowest BCUT2D eigenvalue weighted by molar-refractivity contribution is 0.0950. The zero-order valence-corrected chi connectivity index (χ0v) is 18.5. The summed E-state index contributed by atoms with van der Waals surface area (Å²) < 4.78 is 11.0. The van der Waals surface area contributed by atoms with Gasteiger partial charge in [-0.05, 0) is 65.7 Å². The number of ether oxygens (including phenoxy) is 2. The average Bonchev–Trinajstić information content (AvgIpc) is 3.35. The van der Waals surface area contributed by atoms with E-state index < -0.39 is 5.91 Å². The van der Waals surface area contributed by atoms with Crippen LogP contribution in [0.2, 0.25) is 5.02 Å². The van der Waals surface area contributed by atoms with Crippen LogP contribution in [0.15, 0.2) is 84.0 Å². The normalized spacial score (nSPS) is 10.8. The number of hydrogen-bond donors (Lipinski definition) is 2. The van der Waals surface area contributed by atoms with Gasteiger partial charge in [-0.3, -0.25) is 9.89 Å². The van der Waals surface area contributed by atoms with E-state index >= 15 is 0 Å². The van der Waals surface area contributed by atoms with Gasteiger partial charge in [-0.2, -0.15) is 10.2 Å². The van der Waals surface area contributed by atoms with Crippen LogP contribution in [0.1, 0.15) is 21.6 Å². The average molecular weight is 461 g/mol. The predicted octanol–water partition coefficient (Wildman–Crippen LogP) is 5.08. The summed E-state index contributed by atoms with van der Waals surface area (Å²) in [5.74, 6) is 1.05. The van der Waals surface area contributed by atoms with Gasteiger partial charge < -0.3 is 9.47 Å². The van der Waals surface area contributed by atoms with Crippen molar-refractivity contribution in [3.05, 3.63) is 101 Å². The van der Waals surface area contributed by atoms with E-state index in [0.717, 1.165) is 22.4 Å². The van der Waals surface area contributed by atoms with Crippen LogP contribution in [0.4, 0.5) is 0 Å². The molecule has 33 heavy (non-hydrogen) atoms. The summed E-state index contributed by atoms with van der Waals surface area (Å²) in [5, 5.41) is 11.7. The summed E-state index contributed by atoms with van der Waals surface area (Å²) in [5.41, 5.74) is 6.07. The number of carbonyl (C=O) groups is 1. The summed E-state index contributed by atoms with van der Waals surface area (Å²) in [6.07, 6.45) is 1.55. The molecule has 0 spiro atoms. The number of H-pyrrole nitrogens is 1. The second-order valence-electron chi connectivity index (χ2n) is 7.08. The lowest BCUT2D eigenvalue weighted by Gasteiger charge is -2.07. The van der Waals surface area contributed by atoms with Crippen molar-refractivity contribution in [3.8, 4) is 22.8 Å². The van der Waals surface area contributed by atoms with Crippen molar-refractivity contribution in [1.82, 2.24) is 15.6 Å². The number of nitrogens with one attached hydrogen (secondary N) is 2. The largest absolute Gasteiger partial charge is 0.497 e. The first kappa shape index (κ1) is 22.1. The number of methoxy groups -OCH3 is 1. The fraction of sp³-hybridized carbons (Fsp3) is 0.0800. The Balaban J connectivity index is 1.36. The van der Waals surface area contributed by atoms with Gasteiger partial charge in [0.05, 0.1) is 19.0 Å². The van der Waals surface area contributed by atoms with Crippen molar-refractivity contribution >= 4 is 23.7 Å². The second-order valence-corrected chi connectivity index (χ2v) is 7.52. The van der Waals surface area contributed by atoms with Crippen LogP contribution in [0.3, 0.4) is 0 Å². The third-order valence-corrected chi connectivity index (χ3v) is 5.02. The van der Waals surface area contributed by atoms with Crippen LogP contribution in [-0.4, -0.2) is 29.4 Å². The number of hydrazone groups is 1. The molecule has 0 radical (unpaired) electrons. The predicted molar refractivity (Wildman–Crippen MR) is 128 cm³/mol. The molecule has 1 heterocycles. The molecule has 3 aromatic carbocycles. The highest BCUT2D eigenvalue weighted by molar-refractivity contribution is 6.30.